The molecule has 1 aromatic rings. The van der Waals surface area contributed by atoms with Crippen LogP contribution in [0, 0.1) is 11.8 Å². The van der Waals surface area contributed by atoms with E-state index in [9.17, 15) is 9.59 Å². The highest BCUT2D eigenvalue weighted by Gasteiger charge is 2.23. The van der Waals surface area contributed by atoms with Gasteiger partial charge in [0, 0.05) is 38.5 Å². The average molecular weight is 376 g/mol. The second-order valence-electron chi connectivity index (χ2n) is 7.77. The van der Waals surface area contributed by atoms with E-state index in [2.05, 4.69) is 48.3 Å². The highest BCUT2D eigenvalue weighted by atomic mass is 32.2. The molecule has 3 rings (SSSR count). The number of likely N-dealkylation sites (tertiary alicyclic amines) is 1. The summed E-state index contributed by atoms with van der Waals surface area (Å²) >= 11 is 1.28. The molecule has 2 heterocycles. The number of carbonyl (C=O) groups is 2. The topological polar surface area (TPSA) is 52.7 Å². The number of rotatable bonds is 6. The molecule has 2 aliphatic rings. The van der Waals surface area contributed by atoms with Crippen LogP contribution in [0.3, 0.4) is 0 Å². The Bertz CT molecular complexity index is 624. The molecule has 1 N–H and O–H groups in total. The summed E-state index contributed by atoms with van der Waals surface area (Å²) in [6, 6.07) is 8.49. The first-order chi connectivity index (χ1) is 12.5. The molecule has 1 aromatic carbocycles. The number of amides is 2. The van der Waals surface area contributed by atoms with Crippen LogP contribution in [-0.4, -0.2) is 52.9 Å². The molecule has 26 heavy (non-hydrogen) atoms. The molecule has 0 bridgehead atoms. The van der Waals surface area contributed by atoms with E-state index in [1.54, 1.807) is 4.90 Å². The van der Waals surface area contributed by atoms with Crippen molar-refractivity contribution in [3.8, 4) is 0 Å². The van der Waals surface area contributed by atoms with Gasteiger partial charge in [0.15, 0.2) is 0 Å². The molecule has 0 aromatic heterocycles. The maximum absolute atomic E-state index is 12.0. The molecule has 2 amide bonds. The molecule has 2 fully saturated rings. The molecule has 142 valence electrons. The van der Waals surface area contributed by atoms with Crippen LogP contribution >= 0.6 is 11.8 Å². The lowest BCUT2D eigenvalue weighted by atomic mass is 9.91. The molecule has 0 unspecified atom stereocenters. The third kappa shape index (κ3) is 5.48. The van der Waals surface area contributed by atoms with E-state index in [1.807, 2.05) is 0 Å². The van der Waals surface area contributed by atoms with Gasteiger partial charge in [0.2, 0.25) is 5.91 Å². The predicted molar refractivity (Wildman–Crippen MR) is 106 cm³/mol. The molecule has 0 radical (unpaired) electrons. The van der Waals surface area contributed by atoms with E-state index in [0.29, 0.717) is 13.1 Å². The Hall–Kier alpha value is -1.53. The average Bonchev–Trinajstić information content (AvgIpc) is 2.98. The zero-order valence-corrected chi connectivity index (χ0v) is 16.6. The van der Waals surface area contributed by atoms with Crippen molar-refractivity contribution in [3.05, 3.63) is 35.4 Å². The van der Waals surface area contributed by atoms with Gasteiger partial charge in [-0.1, -0.05) is 49.9 Å². The summed E-state index contributed by atoms with van der Waals surface area (Å²) in [7, 11) is 0. The quantitative estimate of drug-likeness (QED) is 0.831. The fraction of sp³-hybridized carbons (Fsp3) is 0.600. The maximum atomic E-state index is 12.0. The lowest BCUT2D eigenvalue weighted by molar-refractivity contribution is -0.121. The van der Waals surface area contributed by atoms with Crippen molar-refractivity contribution in [2.45, 2.75) is 33.4 Å². The Kier molecular flexibility index (Phi) is 6.59. The summed E-state index contributed by atoms with van der Waals surface area (Å²) in [4.78, 5) is 27.7. The van der Waals surface area contributed by atoms with Crippen molar-refractivity contribution in [1.29, 1.82) is 0 Å². The normalized spacial score (nSPS) is 24.1. The number of nitrogens with zero attached hydrogens (tertiary/aromatic N) is 2. The van der Waals surface area contributed by atoms with Crippen molar-refractivity contribution in [1.82, 2.24) is 15.1 Å². The number of thioether (sulfide) groups is 1. The SMILES string of the molecule is C[C@H]1C[C@H](C)CN(Cc2ccc(CNC(=O)CN3CCSC3=O)cc2)C1. The van der Waals surface area contributed by atoms with Crippen molar-refractivity contribution in [2.75, 3.05) is 31.9 Å². The summed E-state index contributed by atoms with van der Waals surface area (Å²) in [5, 5.41) is 2.91. The predicted octanol–water partition coefficient (Wildman–Crippen LogP) is 2.95. The van der Waals surface area contributed by atoms with E-state index in [4.69, 9.17) is 0 Å². The van der Waals surface area contributed by atoms with Gasteiger partial charge in [0.1, 0.15) is 6.54 Å². The van der Waals surface area contributed by atoms with Crippen molar-refractivity contribution < 1.29 is 9.59 Å². The minimum atomic E-state index is -0.0961. The number of nitrogens with one attached hydrogen (secondary N) is 1. The number of hydrogen-bond acceptors (Lipinski definition) is 4. The monoisotopic (exact) mass is 375 g/mol. The van der Waals surface area contributed by atoms with Gasteiger partial charge in [-0.25, -0.2) is 0 Å². The van der Waals surface area contributed by atoms with Crippen LogP contribution in [0.15, 0.2) is 24.3 Å². The minimum Gasteiger partial charge on any atom is -0.350 e. The standard InChI is InChI=1S/C20H29N3O2S/c1-15-9-16(2)12-22(11-15)13-18-5-3-17(4-6-18)10-21-19(24)14-23-7-8-26-20(23)25/h3-6,15-16H,7-14H2,1-2H3,(H,21,24)/t15-,16-/m0/s1. The van der Waals surface area contributed by atoms with Gasteiger partial charge < -0.3 is 10.2 Å². The largest absolute Gasteiger partial charge is 0.350 e. The fourth-order valence-corrected chi connectivity index (χ4v) is 4.77. The van der Waals surface area contributed by atoms with Crippen LogP contribution in [0.4, 0.5) is 4.79 Å². The summed E-state index contributed by atoms with van der Waals surface area (Å²) in [5.41, 5.74) is 2.41. The molecular weight excluding hydrogens is 346 g/mol. The summed E-state index contributed by atoms with van der Waals surface area (Å²) in [5.74, 6) is 2.23. The van der Waals surface area contributed by atoms with E-state index >= 15 is 0 Å². The molecule has 0 saturated carbocycles. The van der Waals surface area contributed by atoms with Gasteiger partial charge in [-0.05, 0) is 29.4 Å². The second kappa shape index (κ2) is 8.91. The van der Waals surface area contributed by atoms with Gasteiger partial charge in [0.05, 0.1) is 0 Å². The van der Waals surface area contributed by atoms with Crippen LogP contribution in [0.1, 0.15) is 31.4 Å². The Labute approximate surface area is 160 Å². The second-order valence-corrected chi connectivity index (χ2v) is 8.82. The van der Waals surface area contributed by atoms with Gasteiger partial charge in [0.25, 0.3) is 5.24 Å². The Morgan fingerprint density at radius 3 is 2.42 bits per heavy atom. The van der Waals surface area contributed by atoms with Crippen molar-refractivity contribution in [2.24, 2.45) is 11.8 Å². The first kappa shape index (κ1) is 19.2. The Morgan fingerprint density at radius 2 is 1.81 bits per heavy atom. The van der Waals surface area contributed by atoms with Gasteiger partial charge >= 0.3 is 0 Å². The molecule has 5 nitrogen and oxygen atoms in total. The maximum Gasteiger partial charge on any atom is 0.282 e. The molecule has 6 heteroatoms. The fourth-order valence-electron chi connectivity index (χ4n) is 3.94. The molecule has 0 spiro atoms. The van der Waals surface area contributed by atoms with Gasteiger partial charge in [-0.15, -0.1) is 0 Å². The summed E-state index contributed by atoms with van der Waals surface area (Å²) in [6.45, 7) is 9.35. The summed E-state index contributed by atoms with van der Waals surface area (Å²) in [6.07, 6.45) is 1.33. The van der Waals surface area contributed by atoms with Gasteiger partial charge in [-0.3, -0.25) is 14.5 Å². The van der Waals surface area contributed by atoms with Crippen molar-refractivity contribution >= 4 is 22.9 Å². The Balaban J connectivity index is 1.44. The number of benzene rings is 1. The lowest BCUT2D eigenvalue weighted by Crippen LogP contribution is -2.38. The van der Waals surface area contributed by atoms with Crippen LogP contribution in [-0.2, 0) is 17.9 Å². The molecule has 0 aliphatic carbocycles. The third-order valence-corrected chi connectivity index (χ3v) is 5.93. The zero-order valence-electron chi connectivity index (χ0n) is 15.7. The number of carbonyl (C=O) groups excluding carboxylic acids is 2. The van der Waals surface area contributed by atoms with Gasteiger partial charge in [-0.2, -0.15) is 0 Å². The van der Waals surface area contributed by atoms with Crippen molar-refractivity contribution in [3.63, 3.8) is 0 Å². The van der Waals surface area contributed by atoms with E-state index in [0.717, 1.165) is 29.7 Å². The van der Waals surface area contributed by atoms with E-state index in [-0.39, 0.29) is 17.7 Å². The molecule has 2 aliphatic heterocycles. The molecule has 2 saturated heterocycles. The number of piperidine rings is 1. The third-order valence-electron chi connectivity index (χ3n) is 5.04. The first-order valence-corrected chi connectivity index (χ1v) is 10.5. The highest BCUT2D eigenvalue weighted by molar-refractivity contribution is 8.13. The minimum absolute atomic E-state index is 0.00542. The van der Waals surface area contributed by atoms with E-state index < -0.39 is 0 Å². The number of hydrogen-bond donors (Lipinski definition) is 1. The van der Waals surface area contributed by atoms with Crippen LogP contribution in [0.25, 0.3) is 0 Å². The molecular formula is C20H29N3O2S. The molecule has 2 atom stereocenters. The van der Waals surface area contributed by atoms with E-state index in [1.165, 1.54) is 36.8 Å². The van der Waals surface area contributed by atoms with Crippen LogP contribution in [0.2, 0.25) is 0 Å². The zero-order chi connectivity index (χ0) is 18.5. The summed E-state index contributed by atoms with van der Waals surface area (Å²) < 4.78 is 0. The Morgan fingerprint density at radius 1 is 1.15 bits per heavy atom. The highest BCUT2D eigenvalue weighted by Crippen LogP contribution is 2.22. The smallest absolute Gasteiger partial charge is 0.282 e. The van der Waals surface area contributed by atoms with Crippen LogP contribution < -0.4 is 5.32 Å². The lowest BCUT2D eigenvalue weighted by Gasteiger charge is -2.35. The van der Waals surface area contributed by atoms with Crippen LogP contribution in [0.5, 0.6) is 0 Å². The first-order valence-electron chi connectivity index (χ1n) is 9.48.